The standard InChI is InChI=1S/C23H24ClN7/c1-29-22-20(15-25-29)21(26-19-9-7-18(24)8-10-19)27-23(28-22)31-13-11-30(12-14-31)16-17-5-3-2-4-6-17/h2-10,15H,11-14,16H2,1H3,(H,26,27,28). The van der Waals surface area contributed by atoms with Crippen molar-refractivity contribution in [2.24, 2.45) is 7.05 Å². The Morgan fingerprint density at radius 2 is 1.68 bits per heavy atom. The van der Waals surface area contributed by atoms with E-state index in [1.165, 1.54) is 5.56 Å². The number of nitrogens with one attached hydrogen (secondary N) is 1. The molecule has 0 amide bonds. The van der Waals surface area contributed by atoms with Gasteiger partial charge < -0.3 is 10.2 Å². The summed E-state index contributed by atoms with van der Waals surface area (Å²) in [4.78, 5) is 14.4. The van der Waals surface area contributed by atoms with E-state index in [2.05, 4.69) is 50.5 Å². The molecule has 0 aliphatic carbocycles. The Morgan fingerprint density at radius 3 is 2.42 bits per heavy atom. The maximum atomic E-state index is 6.03. The Kier molecular flexibility index (Phi) is 5.44. The molecule has 158 valence electrons. The van der Waals surface area contributed by atoms with Crippen LogP contribution < -0.4 is 10.2 Å². The number of fused-ring (bicyclic) bond motifs is 1. The average molecular weight is 434 g/mol. The third kappa shape index (κ3) is 4.33. The molecule has 0 bridgehead atoms. The van der Waals surface area contributed by atoms with Gasteiger partial charge in [-0.1, -0.05) is 41.9 Å². The summed E-state index contributed by atoms with van der Waals surface area (Å²) in [6.07, 6.45) is 1.80. The second kappa shape index (κ2) is 8.53. The van der Waals surface area contributed by atoms with Crippen molar-refractivity contribution >= 4 is 40.1 Å². The van der Waals surface area contributed by atoms with Crippen LogP contribution in [0.1, 0.15) is 5.56 Å². The fourth-order valence-electron chi connectivity index (χ4n) is 3.86. The van der Waals surface area contributed by atoms with Gasteiger partial charge in [0.2, 0.25) is 5.95 Å². The molecule has 1 N–H and O–H groups in total. The van der Waals surface area contributed by atoms with Crippen molar-refractivity contribution < 1.29 is 0 Å². The average Bonchev–Trinajstić information content (AvgIpc) is 3.18. The molecule has 0 unspecified atom stereocenters. The van der Waals surface area contributed by atoms with Crippen molar-refractivity contribution in [1.82, 2.24) is 24.6 Å². The summed E-state index contributed by atoms with van der Waals surface area (Å²) in [7, 11) is 1.91. The van der Waals surface area contributed by atoms with Crippen LogP contribution in [0, 0.1) is 0 Å². The molecule has 0 saturated carbocycles. The number of halogens is 1. The van der Waals surface area contributed by atoms with Crippen LogP contribution in [0.15, 0.2) is 60.8 Å². The summed E-state index contributed by atoms with van der Waals surface area (Å²) in [5, 5.41) is 9.39. The number of piperazine rings is 1. The summed E-state index contributed by atoms with van der Waals surface area (Å²) in [5.74, 6) is 1.48. The Hall–Kier alpha value is -3.16. The number of aryl methyl sites for hydroxylation is 1. The maximum Gasteiger partial charge on any atom is 0.229 e. The second-order valence-electron chi connectivity index (χ2n) is 7.76. The smallest absolute Gasteiger partial charge is 0.229 e. The van der Waals surface area contributed by atoms with E-state index in [1.54, 1.807) is 10.9 Å². The zero-order chi connectivity index (χ0) is 21.2. The predicted octanol–water partition coefficient (Wildman–Crippen LogP) is 4.08. The van der Waals surface area contributed by atoms with Gasteiger partial charge in [0.15, 0.2) is 5.65 Å². The van der Waals surface area contributed by atoms with Crippen molar-refractivity contribution in [3.05, 3.63) is 71.4 Å². The zero-order valence-electron chi connectivity index (χ0n) is 17.4. The summed E-state index contributed by atoms with van der Waals surface area (Å²) in [5.41, 5.74) is 3.08. The van der Waals surface area contributed by atoms with E-state index in [9.17, 15) is 0 Å². The van der Waals surface area contributed by atoms with Crippen LogP contribution in [0.2, 0.25) is 5.02 Å². The highest BCUT2D eigenvalue weighted by Crippen LogP contribution is 2.27. The number of nitrogens with zero attached hydrogens (tertiary/aromatic N) is 6. The van der Waals surface area contributed by atoms with Crippen molar-refractivity contribution in [3.63, 3.8) is 0 Å². The van der Waals surface area contributed by atoms with Crippen LogP contribution in [-0.2, 0) is 13.6 Å². The topological polar surface area (TPSA) is 62.1 Å². The van der Waals surface area contributed by atoms with Gasteiger partial charge in [-0.25, -0.2) is 0 Å². The van der Waals surface area contributed by atoms with E-state index in [0.29, 0.717) is 5.02 Å². The van der Waals surface area contributed by atoms with Gasteiger partial charge in [0, 0.05) is 50.5 Å². The van der Waals surface area contributed by atoms with Crippen LogP contribution in [0.3, 0.4) is 0 Å². The second-order valence-corrected chi connectivity index (χ2v) is 8.19. The Bertz CT molecular complexity index is 1170. The van der Waals surface area contributed by atoms with Crippen LogP contribution in [0.4, 0.5) is 17.5 Å². The van der Waals surface area contributed by atoms with E-state index in [4.69, 9.17) is 21.6 Å². The maximum absolute atomic E-state index is 6.03. The Balaban J connectivity index is 1.36. The molecule has 0 spiro atoms. The highest BCUT2D eigenvalue weighted by atomic mass is 35.5. The number of anilines is 3. The van der Waals surface area contributed by atoms with Crippen molar-refractivity contribution in [2.45, 2.75) is 6.54 Å². The molecule has 1 aliphatic heterocycles. The van der Waals surface area contributed by atoms with Gasteiger partial charge in [-0.3, -0.25) is 9.58 Å². The van der Waals surface area contributed by atoms with Gasteiger partial charge in [-0.15, -0.1) is 0 Å². The van der Waals surface area contributed by atoms with Crippen LogP contribution >= 0.6 is 11.6 Å². The van der Waals surface area contributed by atoms with Crippen molar-refractivity contribution in [2.75, 3.05) is 36.4 Å². The molecule has 4 aromatic rings. The molecule has 5 rings (SSSR count). The van der Waals surface area contributed by atoms with Crippen molar-refractivity contribution in [3.8, 4) is 0 Å². The Labute approximate surface area is 186 Å². The molecule has 31 heavy (non-hydrogen) atoms. The minimum Gasteiger partial charge on any atom is -0.339 e. The molecule has 0 radical (unpaired) electrons. The molecule has 7 nitrogen and oxygen atoms in total. The van der Waals surface area contributed by atoms with Crippen LogP contribution in [-0.4, -0.2) is 50.8 Å². The normalized spacial score (nSPS) is 14.8. The summed E-state index contributed by atoms with van der Waals surface area (Å²) in [6, 6.07) is 18.2. The quantitative estimate of drug-likeness (QED) is 0.511. The summed E-state index contributed by atoms with van der Waals surface area (Å²) in [6.45, 7) is 4.69. The van der Waals surface area contributed by atoms with Crippen molar-refractivity contribution in [1.29, 1.82) is 0 Å². The molecule has 1 saturated heterocycles. The molecule has 2 aromatic carbocycles. The molecular weight excluding hydrogens is 410 g/mol. The molecule has 1 fully saturated rings. The molecule has 3 heterocycles. The monoisotopic (exact) mass is 433 g/mol. The van der Waals surface area contributed by atoms with Gasteiger partial charge in [0.25, 0.3) is 0 Å². The van der Waals surface area contributed by atoms with Gasteiger partial charge in [-0.05, 0) is 29.8 Å². The number of rotatable bonds is 5. The first kappa shape index (κ1) is 19.8. The first-order valence-corrected chi connectivity index (χ1v) is 10.8. The molecule has 2 aromatic heterocycles. The first-order valence-electron chi connectivity index (χ1n) is 10.4. The summed E-state index contributed by atoms with van der Waals surface area (Å²) < 4.78 is 1.79. The van der Waals surface area contributed by atoms with Gasteiger partial charge in [0.05, 0.1) is 11.6 Å². The fraction of sp³-hybridized carbons (Fsp3) is 0.261. The third-order valence-corrected chi connectivity index (χ3v) is 5.84. The fourth-order valence-corrected chi connectivity index (χ4v) is 3.99. The van der Waals surface area contributed by atoms with Crippen LogP contribution in [0.5, 0.6) is 0 Å². The number of hydrogen-bond donors (Lipinski definition) is 1. The minimum absolute atomic E-state index is 0.703. The zero-order valence-corrected chi connectivity index (χ0v) is 18.1. The number of aromatic nitrogens is 4. The lowest BCUT2D eigenvalue weighted by molar-refractivity contribution is 0.249. The Morgan fingerprint density at radius 1 is 0.935 bits per heavy atom. The lowest BCUT2D eigenvalue weighted by Crippen LogP contribution is -2.46. The van der Waals surface area contributed by atoms with E-state index in [1.807, 2.05) is 31.3 Å². The lowest BCUT2D eigenvalue weighted by atomic mass is 10.2. The molecule has 0 atom stereocenters. The summed E-state index contributed by atoms with van der Waals surface area (Å²) >= 11 is 6.03. The predicted molar refractivity (Wildman–Crippen MR) is 125 cm³/mol. The number of hydrogen-bond acceptors (Lipinski definition) is 6. The van der Waals surface area contributed by atoms with E-state index in [0.717, 1.165) is 61.2 Å². The number of benzene rings is 2. The first-order chi connectivity index (χ1) is 15.2. The van der Waals surface area contributed by atoms with Gasteiger partial charge in [-0.2, -0.15) is 15.1 Å². The lowest BCUT2D eigenvalue weighted by Gasteiger charge is -2.34. The molecule has 1 aliphatic rings. The van der Waals surface area contributed by atoms with E-state index >= 15 is 0 Å². The molecule has 8 heteroatoms. The van der Waals surface area contributed by atoms with Gasteiger partial charge >= 0.3 is 0 Å². The highest BCUT2D eigenvalue weighted by Gasteiger charge is 2.21. The third-order valence-electron chi connectivity index (χ3n) is 5.59. The van der Waals surface area contributed by atoms with Gasteiger partial charge in [0.1, 0.15) is 5.82 Å². The highest BCUT2D eigenvalue weighted by molar-refractivity contribution is 6.30. The van der Waals surface area contributed by atoms with E-state index in [-0.39, 0.29) is 0 Å². The SMILES string of the molecule is Cn1ncc2c(Nc3ccc(Cl)cc3)nc(N3CCN(Cc4ccccc4)CC3)nc21. The largest absolute Gasteiger partial charge is 0.339 e. The van der Waals surface area contributed by atoms with E-state index < -0.39 is 0 Å². The van der Waals surface area contributed by atoms with Crippen LogP contribution in [0.25, 0.3) is 11.0 Å². The molecular formula is C23H24ClN7. The minimum atomic E-state index is 0.703.